The van der Waals surface area contributed by atoms with E-state index in [4.69, 9.17) is 0 Å². The van der Waals surface area contributed by atoms with Crippen molar-refractivity contribution >= 4 is 12.1 Å². The first-order valence-corrected chi connectivity index (χ1v) is 5.27. The van der Waals surface area contributed by atoms with Crippen LogP contribution in [0, 0.1) is 5.92 Å². The van der Waals surface area contributed by atoms with E-state index in [0.717, 1.165) is 19.1 Å². The molecule has 2 rings (SSSR count). The first-order valence-electron chi connectivity index (χ1n) is 5.27. The van der Waals surface area contributed by atoms with Crippen LogP contribution in [0.5, 0.6) is 0 Å². The van der Waals surface area contributed by atoms with Gasteiger partial charge in [-0.1, -0.05) is 24.3 Å². The third-order valence-corrected chi connectivity index (χ3v) is 3.23. The lowest BCUT2D eigenvalue weighted by Gasteiger charge is -2.15. The Bertz CT molecular complexity index is 395. The fraction of sp³-hybridized carbons (Fsp3) is 0.385. The van der Waals surface area contributed by atoms with E-state index in [2.05, 4.69) is 6.07 Å². The second kappa shape index (κ2) is 3.97. The molecule has 0 N–H and O–H groups in total. The van der Waals surface area contributed by atoms with E-state index in [1.54, 1.807) is 0 Å². The molecule has 2 heteroatoms. The number of carbonyl (C=O) groups excluding carboxylic acids is 2. The van der Waals surface area contributed by atoms with Crippen LogP contribution in [0.1, 0.15) is 30.4 Å². The number of hydrogen-bond acceptors (Lipinski definition) is 2. The molecule has 2 unspecified atom stereocenters. The van der Waals surface area contributed by atoms with Crippen molar-refractivity contribution in [3.63, 3.8) is 0 Å². The number of carbonyl (C=O) groups is 2. The van der Waals surface area contributed by atoms with Gasteiger partial charge >= 0.3 is 0 Å². The highest BCUT2D eigenvalue weighted by Crippen LogP contribution is 2.37. The number of benzene rings is 1. The largest absolute Gasteiger partial charge is 0.303 e. The molecule has 0 radical (unpaired) electrons. The lowest BCUT2D eigenvalue weighted by Crippen LogP contribution is -2.19. The quantitative estimate of drug-likeness (QED) is 0.555. The van der Waals surface area contributed by atoms with Crippen molar-refractivity contribution in [3.05, 3.63) is 35.4 Å². The SMILES string of the molecule is CC(=O)C(C=O)C1CCc2ccccc21. The average Bonchev–Trinajstić information content (AvgIpc) is 2.63. The average molecular weight is 202 g/mol. The fourth-order valence-electron chi connectivity index (χ4n) is 2.44. The van der Waals surface area contributed by atoms with Crippen molar-refractivity contribution in [1.29, 1.82) is 0 Å². The van der Waals surface area contributed by atoms with Gasteiger partial charge in [-0.25, -0.2) is 0 Å². The van der Waals surface area contributed by atoms with Crippen molar-refractivity contribution < 1.29 is 9.59 Å². The molecule has 1 aliphatic carbocycles. The molecule has 1 aromatic carbocycles. The third-order valence-electron chi connectivity index (χ3n) is 3.23. The summed E-state index contributed by atoms with van der Waals surface area (Å²) in [5.74, 6) is -0.364. The van der Waals surface area contributed by atoms with Crippen LogP contribution < -0.4 is 0 Å². The number of aldehydes is 1. The first-order chi connectivity index (χ1) is 7.24. The van der Waals surface area contributed by atoms with Gasteiger partial charge in [0.15, 0.2) is 0 Å². The molecule has 15 heavy (non-hydrogen) atoms. The van der Waals surface area contributed by atoms with Gasteiger partial charge in [0.2, 0.25) is 0 Å². The Kier molecular flexibility index (Phi) is 2.67. The standard InChI is InChI=1S/C13H14O2/c1-9(15)13(8-14)12-7-6-10-4-2-3-5-11(10)12/h2-5,8,12-13H,6-7H2,1H3. The van der Waals surface area contributed by atoms with Crippen LogP contribution in [0.3, 0.4) is 0 Å². The molecule has 0 fully saturated rings. The number of Topliss-reactive ketones (excluding diaryl/α,β-unsaturated/α-hetero) is 1. The molecule has 0 amide bonds. The zero-order valence-electron chi connectivity index (χ0n) is 8.77. The molecule has 0 bridgehead atoms. The molecule has 0 aromatic heterocycles. The maximum Gasteiger partial charge on any atom is 0.140 e. The van der Waals surface area contributed by atoms with E-state index in [9.17, 15) is 9.59 Å². The van der Waals surface area contributed by atoms with Crippen molar-refractivity contribution in [3.8, 4) is 0 Å². The van der Waals surface area contributed by atoms with E-state index in [-0.39, 0.29) is 11.7 Å². The fourth-order valence-corrected chi connectivity index (χ4v) is 2.44. The van der Waals surface area contributed by atoms with Crippen molar-refractivity contribution in [2.24, 2.45) is 5.92 Å². The minimum Gasteiger partial charge on any atom is -0.303 e. The van der Waals surface area contributed by atoms with Crippen LogP contribution in [-0.4, -0.2) is 12.1 Å². The molecular weight excluding hydrogens is 188 g/mol. The monoisotopic (exact) mass is 202 g/mol. The highest BCUT2D eigenvalue weighted by Gasteiger charge is 2.31. The highest BCUT2D eigenvalue weighted by molar-refractivity contribution is 5.92. The van der Waals surface area contributed by atoms with Gasteiger partial charge in [0.1, 0.15) is 12.1 Å². The maximum atomic E-state index is 11.3. The second-order valence-electron chi connectivity index (χ2n) is 4.12. The van der Waals surface area contributed by atoms with Gasteiger partial charge in [0.25, 0.3) is 0 Å². The summed E-state index contributed by atoms with van der Waals surface area (Å²) in [6.45, 7) is 1.50. The summed E-state index contributed by atoms with van der Waals surface area (Å²) in [7, 11) is 0. The van der Waals surface area contributed by atoms with Crippen LogP contribution in [0.4, 0.5) is 0 Å². The molecule has 1 aromatic rings. The molecule has 2 nitrogen and oxygen atoms in total. The number of hydrogen-bond donors (Lipinski definition) is 0. The van der Waals surface area contributed by atoms with Crippen LogP contribution in [0.25, 0.3) is 0 Å². The van der Waals surface area contributed by atoms with Crippen LogP contribution in [0.2, 0.25) is 0 Å². The number of fused-ring (bicyclic) bond motifs is 1. The Labute approximate surface area is 89.3 Å². The molecule has 0 heterocycles. The van der Waals surface area contributed by atoms with Crippen molar-refractivity contribution in [1.82, 2.24) is 0 Å². The minimum atomic E-state index is -0.450. The van der Waals surface area contributed by atoms with Gasteiger partial charge in [-0.05, 0) is 30.9 Å². The zero-order chi connectivity index (χ0) is 10.8. The molecule has 0 aliphatic heterocycles. The summed E-state index contributed by atoms with van der Waals surface area (Å²) in [4.78, 5) is 22.3. The Morgan fingerprint density at radius 1 is 1.47 bits per heavy atom. The van der Waals surface area contributed by atoms with E-state index in [1.165, 1.54) is 18.1 Å². The summed E-state index contributed by atoms with van der Waals surface area (Å²) >= 11 is 0. The summed E-state index contributed by atoms with van der Waals surface area (Å²) < 4.78 is 0. The Morgan fingerprint density at radius 2 is 2.20 bits per heavy atom. The molecule has 0 saturated heterocycles. The van der Waals surface area contributed by atoms with E-state index >= 15 is 0 Å². The normalized spacial score (nSPS) is 20.7. The predicted octanol–water partition coefficient (Wildman–Crippen LogP) is 2.12. The molecule has 2 atom stereocenters. The Balaban J connectivity index is 2.34. The number of aryl methyl sites for hydroxylation is 1. The van der Waals surface area contributed by atoms with Crippen LogP contribution >= 0.6 is 0 Å². The molecule has 78 valence electrons. The first kappa shape index (κ1) is 10.1. The minimum absolute atomic E-state index is 0.0216. The molecule has 0 spiro atoms. The van der Waals surface area contributed by atoms with Gasteiger partial charge in [-0.3, -0.25) is 4.79 Å². The Hall–Kier alpha value is -1.44. The summed E-state index contributed by atoms with van der Waals surface area (Å²) in [6.07, 6.45) is 2.70. The third kappa shape index (κ3) is 1.72. The summed E-state index contributed by atoms with van der Waals surface area (Å²) in [5.41, 5.74) is 2.47. The lowest BCUT2D eigenvalue weighted by molar-refractivity contribution is -0.126. The molecular formula is C13H14O2. The smallest absolute Gasteiger partial charge is 0.140 e. The van der Waals surface area contributed by atoms with Crippen molar-refractivity contribution in [2.45, 2.75) is 25.7 Å². The molecule has 0 saturated carbocycles. The number of rotatable bonds is 3. The zero-order valence-corrected chi connectivity index (χ0v) is 8.77. The van der Waals surface area contributed by atoms with Crippen LogP contribution in [0.15, 0.2) is 24.3 Å². The number of ketones is 1. The Morgan fingerprint density at radius 3 is 2.87 bits per heavy atom. The molecule has 1 aliphatic rings. The van der Waals surface area contributed by atoms with E-state index < -0.39 is 5.92 Å². The van der Waals surface area contributed by atoms with Gasteiger partial charge in [-0.2, -0.15) is 0 Å². The van der Waals surface area contributed by atoms with Crippen LogP contribution in [-0.2, 0) is 16.0 Å². The topological polar surface area (TPSA) is 34.1 Å². The summed E-state index contributed by atoms with van der Waals surface area (Å²) in [5, 5.41) is 0. The highest BCUT2D eigenvalue weighted by atomic mass is 16.1. The van der Waals surface area contributed by atoms with Crippen molar-refractivity contribution in [2.75, 3.05) is 0 Å². The van der Waals surface area contributed by atoms with Gasteiger partial charge in [-0.15, -0.1) is 0 Å². The van der Waals surface area contributed by atoms with Gasteiger partial charge in [0, 0.05) is 5.92 Å². The predicted molar refractivity (Wildman–Crippen MR) is 57.7 cm³/mol. The van der Waals surface area contributed by atoms with E-state index in [0.29, 0.717) is 0 Å². The summed E-state index contributed by atoms with van der Waals surface area (Å²) in [6, 6.07) is 8.09. The lowest BCUT2D eigenvalue weighted by atomic mass is 9.86. The van der Waals surface area contributed by atoms with E-state index in [1.807, 2.05) is 18.2 Å². The maximum absolute atomic E-state index is 11.3. The van der Waals surface area contributed by atoms with Gasteiger partial charge in [0.05, 0.1) is 5.92 Å². The van der Waals surface area contributed by atoms with Gasteiger partial charge < -0.3 is 4.79 Å². The second-order valence-corrected chi connectivity index (χ2v) is 4.12.